The molecule has 1 heterocycles. The maximum Gasteiger partial charge on any atom is 0.155 e. The number of thioether (sulfide) groups is 1. The van der Waals surface area contributed by atoms with Gasteiger partial charge in [0.1, 0.15) is 0 Å². The third-order valence-electron chi connectivity index (χ3n) is 3.60. The summed E-state index contributed by atoms with van der Waals surface area (Å²) in [6.45, 7) is 2.28. The molecule has 0 aromatic heterocycles. The lowest BCUT2D eigenvalue weighted by molar-refractivity contribution is -0.112. The van der Waals surface area contributed by atoms with Crippen molar-refractivity contribution in [1.29, 1.82) is 0 Å². The Bertz CT molecular complexity index is 771. The standard InChI is InChI=1S/C18H17ClN2OS/c1-12(22)9-18-21(11-13-3-5-14(19)6-4-13)16-10-15(20-2)7-8-17(16)23-18/h3-10,20H,11H2,1-2H3/b18-9-. The molecule has 1 aliphatic heterocycles. The summed E-state index contributed by atoms with van der Waals surface area (Å²) in [5, 5.41) is 4.84. The fourth-order valence-corrected chi connectivity index (χ4v) is 3.73. The molecule has 0 unspecified atom stereocenters. The van der Waals surface area contributed by atoms with Crippen LogP contribution in [0.3, 0.4) is 0 Å². The molecule has 0 saturated carbocycles. The van der Waals surface area contributed by atoms with E-state index in [2.05, 4.69) is 22.3 Å². The van der Waals surface area contributed by atoms with Crippen LogP contribution >= 0.6 is 23.4 Å². The minimum Gasteiger partial charge on any atom is -0.388 e. The smallest absolute Gasteiger partial charge is 0.155 e. The number of ketones is 1. The van der Waals surface area contributed by atoms with Crippen molar-refractivity contribution in [3.8, 4) is 0 Å². The van der Waals surface area contributed by atoms with Gasteiger partial charge in [0.15, 0.2) is 5.78 Å². The van der Waals surface area contributed by atoms with Gasteiger partial charge in [-0.2, -0.15) is 0 Å². The minimum absolute atomic E-state index is 0.0512. The maximum absolute atomic E-state index is 11.6. The number of carbonyl (C=O) groups excluding carboxylic acids is 1. The summed E-state index contributed by atoms with van der Waals surface area (Å²) in [6.07, 6.45) is 1.69. The van der Waals surface area contributed by atoms with Crippen LogP contribution in [0, 0.1) is 0 Å². The predicted octanol–water partition coefficient (Wildman–Crippen LogP) is 4.92. The highest BCUT2D eigenvalue weighted by Crippen LogP contribution is 2.47. The molecule has 2 aromatic rings. The van der Waals surface area contributed by atoms with E-state index in [0.29, 0.717) is 6.54 Å². The first-order valence-corrected chi connectivity index (χ1v) is 8.50. The molecule has 1 N–H and O–H groups in total. The highest BCUT2D eigenvalue weighted by atomic mass is 35.5. The van der Waals surface area contributed by atoms with Crippen LogP contribution in [-0.4, -0.2) is 12.8 Å². The number of hydrogen-bond donors (Lipinski definition) is 1. The molecule has 0 atom stereocenters. The third kappa shape index (κ3) is 3.54. The van der Waals surface area contributed by atoms with Crippen LogP contribution in [0.4, 0.5) is 11.4 Å². The fourth-order valence-electron chi connectivity index (χ4n) is 2.47. The summed E-state index contributed by atoms with van der Waals surface area (Å²) < 4.78 is 0. The molecule has 0 amide bonds. The van der Waals surface area contributed by atoms with Gasteiger partial charge in [0.2, 0.25) is 0 Å². The van der Waals surface area contributed by atoms with E-state index < -0.39 is 0 Å². The molecular weight excluding hydrogens is 328 g/mol. The van der Waals surface area contributed by atoms with Crippen LogP contribution < -0.4 is 10.2 Å². The van der Waals surface area contributed by atoms with Crippen molar-refractivity contribution in [3.63, 3.8) is 0 Å². The summed E-state index contributed by atoms with van der Waals surface area (Å²) >= 11 is 7.59. The summed E-state index contributed by atoms with van der Waals surface area (Å²) in [7, 11) is 1.90. The zero-order valence-corrected chi connectivity index (χ0v) is 14.5. The number of halogens is 1. The number of benzene rings is 2. The summed E-state index contributed by atoms with van der Waals surface area (Å²) in [5.41, 5.74) is 3.31. The molecule has 1 aliphatic rings. The van der Waals surface area contributed by atoms with Crippen molar-refractivity contribution in [2.24, 2.45) is 0 Å². The third-order valence-corrected chi connectivity index (χ3v) is 4.96. The highest BCUT2D eigenvalue weighted by Gasteiger charge is 2.26. The van der Waals surface area contributed by atoms with Gasteiger partial charge in [-0.05, 0) is 42.8 Å². The van der Waals surface area contributed by atoms with E-state index in [9.17, 15) is 4.79 Å². The van der Waals surface area contributed by atoms with E-state index in [1.165, 1.54) is 0 Å². The van der Waals surface area contributed by atoms with Gasteiger partial charge in [-0.1, -0.05) is 35.5 Å². The lowest BCUT2D eigenvalue weighted by Crippen LogP contribution is -2.17. The molecule has 3 nitrogen and oxygen atoms in total. The van der Waals surface area contributed by atoms with Gasteiger partial charge in [0.05, 0.1) is 10.7 Å². The van der Waals surface area contributed by atoms with Gasteiger partial charge < -0.3 is 10.2 Å². The first-order chi connectivity index (χ1) is 11.1. The monoisotopic (exact) mass is 344 g/mol. The Kier molecular flexibility index (Phi) is 4.64. The first-order valence-electron chi connectivity index (χ1n) is 7.31. The lowest BCUT2D eigenvalue weighted by atomic mass is 10.2. The van der Waals surface area contributed by atoms with E-state index in [1.807, 2.05) is 37.4 Å². The number of nitrogens with zero attached hydrogens (tertiary/aromatic N) is 1. The summed E-state index contributed by atoms with van der Waals surface area (Å²) in [6, 6.07) is 14.0. The number of nitrogens with one attached hydrogen (secondary N) is 1. The van der Waals surface area contributed by atoms with Crippen LogP contribution in [-0.2, 0) is 11.3 Å². The van der Waals surface area contributed by atoms with Crippen LogP contribution in [0.1, 0.15) is 12.5 Å². The Morgan fingerprint density at radius 2 is 2.00 bits per heavy atom. The van der Waals surface area contributed by atoms with Gasteiger partial charge in [0, 0.05) is 35.3 Å². The maximum atomic E-state index is 11.6. The molecule has 0 fully saturated rings. The second-order valence-corrected chi connectivity index (χ2v) is 6.84. The zero-order valence-electron chi connectivity index (χ0n) is 13.0. The largest absolute Gasteiger partial charge is 0.388 e. The fraction of sp³-hybridized carbons (Fsp3) is 0.167. The summed E-state index contributed by atoms with van der Waals surface area (Å²) in [4.78, 5) is 14.9. The van der Waals surface area contributed by atoms with Crippen LogP contribution in [0.15, 0.2) is 58.5 Å². The van der Waals surface area contributed by atoms with E-state index in [1.54, 1.807) is 24.8 Å². The molecule has 3 rings (SSSR count). The Hall–Kier alpha value is -1.91. The van der Waals surface area contributed by atoms with Crippen molar-refractivity contribution >= 4 is 40.5 Å². The molecule has 0 bridgehead atoms. The Morgan fingerprint density at radius 1 is 1.26 bits per heavy atom. The number of fused-ring (bicyclic) bond motifs is 1. The van der Waals surface area contributed by atoms with E-state index in [-0.39, 0.29) is 5.78 Å². The highest BCUT2D eigenvalue weighted by molar-refractivity contribution is 8.03. The number of carbonyl (C=O) groups is 1. The second-order valence-electron chi connectivity index (χ2n) is 5.34. The first kappa shape index (κ1) is 16.0. The topological polar surface area (TPSA) is 32.3 Å². The molecule has 5 heteroatoms. The normalized spacial score (nSPS) is 14.9. The Labute approximate surface area is 145 Å². The number of rotatable bonds is 4. The zero-order chi connectivity index (χ0) is 16.4. The molecule has 23 heavy (non-hydrogen) atoms. The van der Waals surface area contributed by atoms with Crippen molar-refractivity contribution in [2.75, 3.05) is 17.3 Å². The summed E-state index contributed by atoms with van der Waals surface area (Å²) in [5.74, 6) is 0.0512. The van der Waals surface area contributed by atoms with Gasteiger partial charge >= 0.3 is 0 Å². The average molecular weight is 345 g/mol. The van der Waals surface area contributed by atoms with Crippen molar-refractivity contribution in [1.82, 2.24) is 0 Å². The molecule has 118 valence electrons. The minimum atomic E-state index is 0.0512. The van der Waals surface area contributed by atoms with Crippen LogP contribution in [0.5, 0.6) is 0 Å². The average Bonchev–Trinajstić information content (AvgIpc) is 2.85. The molecule has 0 radical (unpaired) electrons. The van der Waals surface area contributed by atoms with Crippen molar-refractivity contribution < 1.29 is 4.79 Å². The molecule has 0 saturated heterocycles. The predicted molar refractivity (Wildman–Crippen MR) is 98.2 cm³/mol. The van der Waals surface area contributed by atoms with Crippen LogP contribution in [0.2, 0.25) is 5.02 Å². The van der Waals surface area contributed by atoms with Gasteiger partial charge in [0.25, 0.3) is 0 Å². The van der Waals surface area contributed by atoms with Gasteiger partial charge in [-0.3, -0.25) is 4.79 Å². The van der Waals surface area contributed by atoms with Gasteiger partial charge in [-0.15, -0.1) is 0 Å². The van der Waals surface area contributed by atoms with Crippen LogP contribution in [0.25, 0.3) is 0 Å². The van der Waals surface area contributed by atoms with Crippen molar-refractivity contribution in [3.05, 3.63) is 64.2 Å². The molecule has 2 aromatic carbocycles. The molecular formula is C18H17ClN2OS. The van der Waals surface area contributed by atoms with E-state index >= 15 is 0 Å². The van der Waals surface area contributed by atoms with Crippen molar-refractivity contribution in [2.45, 2.75) is 18.4 Å². The quantitative estimate of drug-likeness (QED) is 0.797. The molecule has 0 aliphatic carbocycles. The Morgan fingerprint density at radius 3 is 2.65 bits per heavy atom. The Balaban J connectivity index is 1.99. The van der Waals surface area contributed by atoms with E-state index in [0.717, 1.165) is 31.9 Å². The SMILES string of the molecule is CNc1ccc2c(c1)N(Cc1ccc(Cl)cc1)/C(=C/C(C)=O)S2. The van der Waals surface area contributed by atoms with Gasteiger partial charge in [-0.25, -0.2) is 0 Å². The number of allylic oxidation sites excluding steroid dienone is 1. The number of anilines is 2. The second kappa shape index (κ2) is 6.69. The molecule has 0 spiro atoms. The lowest BCUT2D eigenvalue weighted by Gasteiger charge is -2.21. The number of hydrogen-bond acceptors (Lipinski definition) is 4. The van der Waals surface area contributed by atoms with E-state index in [4.69, 9.17) is 11.6 Å².